The lowest BCUT2D eigenvalue weighted by Gasteiger charge is -2.21. The fourth-order valence-corrected chi connectivity index (χ4v) is 2.32. The Morgan fingerprint density at radius 3 is 2.68 bits per heavy atom. The lowest BCUT2D eigenvalue weighted by Crippen LogP contribution is -2.21. The Balaban J connectivity index is 2.56. The van der Waals surface area contributed by atoms with Crippen LogP contribution in [0.2, 0.25) is 5.02 Å². The van der Waals surface area contributed by atoms with Crippen molar-refractivity contribution in [3.63, 3.8) is 0 Å². The van der Waals surface area contributed by atoms with Crippen LogP contribution in [0.15, 0.2) is 30.5 Å². The third-order valence-corrected chi connectivity index (χ3v) is 3.32. The number of aryl methyl sites for hydroxylation is 1. The minimum atomic E-state index is -0.366. The molecule has 0 saturated carbocycles. The molecule has 0 spiro atoms. The molecule has 0 saturated heterocycles. The predicted octanol–water partition coefficient (Wildman–Crippen LogP) is 3.07. The molecular weight excluding hydrogens is 265 g/mol. The first-order chi connectivity index (χ1) is 9.04. The normalized spacial score (nSPS) is 12.4. The van der Waals surface area contributed by atoms with E-state index in [1.165, 1.54) is 6.07 Å². The molecule has 1 unspecified atom stereocenters. The molecule has 3 N–H and O–H groups in total. The number of rotatable bonds is 3. The predicted molar refractivity (Wildman–Crippen MR) is 75.7 cm³/mol. The molecule has 0 radical (unpaired) electrons. The Morgan fingerprint density at radius 1 is 1.37 bits per heavy atom. The van der Waals surface area contributed by atoms with E-state index in [4.69, 9.17) is 17.3 Å². The molecule has 0 aliphatic heterocycles. The van der Waals surface area contributed by atoms with Crippen molar-refractivity contribution in [2.24, 2.45) is 0 Å². The van der Waals surface area contributed by atoms with Gasteiger partial charge < -0.3 is 11.1 Å². The van der Waals surface area contributed by atoms with Gasteiger partial charge >= 0.3 is 0 Å². The van der Waals surface area contributed by atoms with Crippen LogP contribution >= 0.6 is 11.6 Å². The average molecular weight is 280 g/mol. The van der Waals surface area contributed by atoms with Crippen molar-refractivity contribution in [3.8, 4) is 0 Å². The van der Waals surface area contributed by atoms with Crippen molar-refractivity contribution in [2.45, 2.75) is 13.0 Å². The highest BCUT2D eigenvalue weighted by molar-refractivity contribution is 6.30. The quantitative estimate of drug-likeness (QED) is 0.908. The SMILES string of the molecule is CNC(c1ccc(Cl)cc1F)c1c(C)ccnc1N. The highest BCUT2D eigenvalue weighted by Crippen LogP contribution is 2.30. The highest BCUT2D eigenvalue weighted by Gasteiger charge is 2.21. The minimum absolute atomic E-state index is 0.356. The third kappa shape index (κ3) is 2.69. The Morgan fingerprint density at radius 2 is 2.11 bits per heavy atom. The minimum Gasteiger partial charge on any atom is -0.383 e. The van der Waals surface area contributed by atoms with Crippen LogP contribution < -0.4 is 11.1 Å². The molecule has 19 heavy (non-hydrogen) atoms. The van der Waals surface area contributed by atoms with Crippen molar-refractivity contribution in [1.82, 2.24) is 10.3 Å². The molecule has 3 nitrogen and oxygen atoms in total. The number of benzene rings is 1. The summed E-state index contributed by atoms with van der Waals surface area (Å²) in [7, 11) is 1.75. The standard InChI is InChI=1S/C14H15ClFN3/c1-8-5-6-19-14(17)12(8)13(18-2)10-4-3-9(15)7-11(10)16/h3-7,13,18H,1-2H3,(H2,17,19). The smallest absolute Gasteiger partial charge is 0.129 e. The van der Waals surface area contributed by atoms with Gasteiger partial charge in [-0.3, -0.25) is 0 Å². The fraction of sp³-hybridized carbons (Fsp3) is 0.214. The zero-order chi connectivity index (χ0) is 14.0. The van der Waals surface area contributed by atoms with E-state index in [1.54, 1.807) is 25.4 Å². The second-order valence-electron chi connectivity index (χ2n) is 4.31. The van der Waals surface area contributed by atoms with Crippen LogP contribution in [-0.2, 0) is 0 Å². The maximum absolute atomic E-state index is 14.1. The molecular formula is C14H15ClFN3. The van der Waals surface area contributed by atoms with E-state index in [-0.39, 0.29) is 11.9 Å². The van der Waals surface area contributed by atoms with E-state index in [2.05, 4.69) is 10.3 Å². The number of anilines is 1. The molecule has 0 bridgehead atoms. The van der Waals surface area contributed by atoms with Gasteiger partial charge in [-0.15, -0.1) is 0 Å². The van der Waals surface area contributed by atoms with E-state index in [0.29, 0.717) is 16.4 Å². The van der Waals surface area contributed by atoms with Crippen molar-refractivity contribution in [2.75, 3.05) is 12.8 Å². The number of pyridine rings is 1. The van der Waals surface area contributed by atoms with Crippen molar-refractivity contribution in [1.29, 1.82) is 0 Å². The topological polar surface area (TPSA) is 50.9 Å². The summed E-state index contributed by atoms with van der Waals surface area (Å²) in [5, 5.41) is 3.44. The molecule has 2 aromatic rings. The lowest BCUT2D eigenvalue weighted by atomic mass is 9.95. The Kier molecular flexibility index (Phi) is 4.02. The number of hydrogen-bond acceptors (Lipinski definition) is 3. The van der Waals surface area contributed by atoms with Gasteiger partial charge in [0.2, 0.25) is 0 Å². The Hall–Kier alpha value is -1.65. The lowest BCUT2D eigenvalue weighted by molar-refractivity contribution is 0.575. The number of nitrogens with zero attached hydrogens (tertiary/aromatic N) is 1. The Labute approximate surface area is 116 Å². The van der Waals surface area contributed by atoms with Gasteiger partial charge in [0.25, 0.3) is 0 Å². The summed E-state index contributed by atoms with van der Waals surface area (Å²) in [6.45, 7) is 1.92. The summed E-state index contributed by atoms with van der Waals surface area (Å²) in [5.74, 6) is 0.0307. The maximum Gasteiger partial charge on any atom is 0.129 e. The van der Waals surface area contributed by atoms with Crippen molar-refractivity contribution in [3.05, 3.63) is 58.0 Å². The summed E-state index contributed by atoms with van der Waals surface area (Å²) < 4.78 is 14.1. The third-order valence-electron chi connectivity index (χ3n) is 3.09. The summed E-state index contributed by atoms with van der Waals surface area (Å²) in [4.78, 5) is 4.07. The molecule has 0 fully saturated rings. The molecule has 0 aliphatic carbocycles. The summed E-state index contributed by atoms with van der Waals surface area (Å²) in [6.07, 6.45) is 1.64. The molecule has 1 aromatic heterocycles. The zero-order valence-corrected chi connectivity index (χ0v) is 11.5. The number of nitrogens with two attached hydrogens (primary N) is 1. The van der Waals surface area contributed by atoms with Gasteiger partial charge in [0, 0.05) is 22.3 Å². The summed E-state index contributed by atoms with van der Waals surface area (Å²) in [5.41, 5.74) is 8.15. The molecule has 1 atom stereocenters. The molecule has 2 rings (SSSR count). The highest BCUT2D eigenvalue weighted by atomic mass is 35.5. The van der Waals surface area contributed by atoms with Gasteiger partial charge in [-0.05, 0) is 37.7 Å². The average Bonchev–Trinajstić information content (AvgIpc) is 2.35. The van der Waals surface area contributed by atoms with Gasteiger partial charge in [-0.1, -0.05) is 17.7 Å². The van der Waals surface area contributed by atoms with Gasteiger partial charge in [0.1, 0.15) is 11.6 Å². The van der Waals surface area contributed by atoms with Crippen LogP contribution in [0.1, 0.15) is 22.7 Å². The Bertz CT molecular complexity index is 581. The van der Waals surface area contributed by atoms with Gasteiger partial charge in [-0.2, -0.15) is 0 Å². The van der Waals surface area contributed by atoms with Crippen molar-refractivity contribution < 1.29 is 4.39 Å². The monoisotopic (exact) mass is 279 g/mol. The van der Waals surface area contributed by atoms with Gasteiger partial charge in [0.05, 0.1) is 6.04 Å². The van der Waals surface area contributed by atoms with E-state index >= 15 is 0 Å². The molecule has 5 heteroatoms. The molecule has 1 heterocycles. The van der Waals surface area contributed by atoms with Gasteiger partial charge in [0.15, 0.2) is 0 Å². The first-order valence-corrected chi connectivity index (χ1v) is 6.25. The largest absolute Gasteiger partial charge is 0.383 e. The molecule has 0 amide bonds. The van der Waals surface area contributed by atoms with Crippen LogP contribution in [0.25, 0.3) is 0 Å². The molecule has 1 aromatic carbocycles. The fourth-order valence-electron chi connectivity index (χ4n) is 2.16. The van der Waals surface area contributed by atoms with Crippen molar-refractivity contribution >= 4 is 17.4 Å². The summed E-state index contributed by atoms with van der Waals surface area (Å²) in [6, 6.07) is 6.11. The van der Waals surface area contributed by atoms with E-state index in [9.17, 15) is 4.39 Å². The molecule has 100 valence electrons. The molecule has 0 aliphatic rings. The second kappa shape index (κ2) is 5.55. The van der Waals surface area contributed by atoms with E-state index in [1.807, 2.05) is 13.0 Å². The van der Waals surface area contributed by atoms with Gasteiger partial charge in [-0.25, -0.2) is 9.37 Å². The van der Waals surface area contributed by atoms with Crippen LogP contribution in [0.3, 0.4) is 0 Å². The number of hydrogen-bond donors (Lipinski definition) is 2. The van der Waals surface area contributed by atoms with Crippen LogP contribution in [-0.4, -0.2) is 12.0 Å². The number of aromatic nitrogens is 1. The number of nitrogens with one attached hydrogen (secondary N) is 1. The zero-order valence-electron chi connectivity index (χ0n) is 10.7. The first kappa shape index (κ1) is 13.8. The maximum atomic E-state index is 14.1. The van der Waals surface area contributed by atoms with Crippen LogP contribution in [0, 0.1) is 12.7 Å². The van der Waals surface area contributed by atoms with Crippen LogP contribution in [0.5, 0.6) is 0 Å². The number of halogens is 2. The second-order valence-corrected chi connectivity index (χ2v) is 4.75. The van der Waals surface area contributed by atoms with E-state index in [0.717, 1.165) is 11.1 Å². The van der Waals surface area contributed by atoms with E-state index < -0.39 is 0 Å². The van der Waals surface area contributed by atoms with Crippen LogP contribution in [0.4, 0.5) is 10.2 Å². The number of nitrogen functional groups attached to an aromatic ring is 1. The summed E-state index contributed by atoms with van der Waals surface area (Å²) >= 11 is 5.78. The first-order valence-electron chi connectivity index (χ1n) is 5.87.